The Morgan fingerprint density at radius 3 is 2.50 bits per heavy atom. The smallest absolute Gasteiger partial charge is 0.345 e. The lowest BCUT2D eigenvalue weighted by atomic mass is 10.2. The van der Waals surface area contributed by atoms with Crippen LogP contribution in [0.25, 0.3) is 0 Å². The molecule has 5 heteroatoms. The molecule has 0 fully saturated rings. The van der Waals surface area contributed by atoms with Crippen molar-refractivity contribution in [2.24, 2.45) is 0 Å². The van der Waals surface area contributed by atoms with Crippen LogP contribution in [0.2, 0.25) is 0 Å². The molecule has 0 aliphatic rings. The van der Waals surface area contributed by atoms with Crippen molar-refractivity contribution in [3.05, 3.63) is 52.7 Å². The average molecular weight is 216 g/mol. The minimum atomic E-state index is -0.427. The van der Waals surface area contributed by atoms with Crippen LogP contribution in [-0.4, -0.2) is 16.3 Å². The van der Waals surface area contributed by atoms with Crippen LogP contribution in [-0.2, 0) is 0 Å². The van der Waals surface area contributed by atoms with Crippen molar-refractivity contribution in [3.63, 3.8) is 0 Å². The van der Waals surface area contributed by atoms with Crippen molar-refractivity contribution >= 4 is 6.29 Å². The molecule has 0 aliphatic heterocycles. The van der Waals surface area contributed by atoms with Gasteiger partial charge in [0.1, 0.15) is 12.0 Å². The Morgan fingerprint density at radius 2 is 1.94 bits per heavy atom. The second-order valence-corrected chi connectivity index (χ2v) is 3.04. The van der Waals surface area contributed by atoms with Crippen LogP contribution in [0.15, 0.2) is 41.5 Å². The average Bonchev–Trinajstić information content (AvgIpc) is 2.33. The van der Waals surface area contributed by atoms with Crippen molar-refractivity contribution in [2.45, 2.75) is 0 Å². The van der Waals surface area contributed by atoms with Crippen LogP contribution in [0.3, 0.4) is 0 Å². The standard InChI is InChI=1S/C11H8N2O3/c14-7-8-1-3-9(4-2-8)16-10-5-12-11(15)13-6-10/h1-7H,(H,12,13,15). The lowest BCUT2D eigenvalue weighted by Crippen LogP contribution is -2.07. The number of H-pyrrole nitrogens is 1. The van der Waals surface area contributed by atoms with Crippen molar-refractivity contribution in [2.75, 3.05) is 0 Å². The molecule has 0 atom stereocenters. The van der Waals surface area contributed by atoms with Gasteiger partial charge in [0.25, 0.3) is 0 Å². The van der Waals surface area contributed by atoms with Gasteiger partial charge in [0.2, 0.25) is 0 Å². The number of ether oxygens (including phenoxy) is 1. The van der Waals surface area contributed by atoms with Gasteiger partial charge in [-0.05, 0) is 24.3 Å². The molecule has 0 saturated heterocycles. The molecule has 2 aromatic rings. The third-order valence-corrected chi connectivity index (χ3v) is 1.90. The highest BCUT2D eigenvalue weighted by Gasteiger charge is 1.97. The van der Waals surface area contributed by atoms with Gasteiger partial charge < -0.3 is 9.72 Å². The monoisotopic (exact) mass is 216 g/mol. The van der Waals surface area contributed by atoms with Crippen molar-refractivity contribution in [1.29, 1.82) is 0 Å². The van der Waals surface area contributed by atoms with E-state index in [4.69, 9.17) is 4.74 Å². The van der Waals surface area contributed by atoms with E-state index in [0.29, 0.717) is 17.1 Å². The van der Waals surface area contributed by atoms with E-state index < -0.39 is 5.69 Å². The lowest BCUT2D eigenvalue weighted by Gasteiger charge is -2.03. The van der Waals surface area contributed by atoms with Gasteiger partial charge in [-0.3, -0.25) is 4.79 Å². The third-order valence-electron chi connectivity index (χ3n) is 1.90. The molecule has 0 radical (unpaired) electrons. The minimum Gasteiger partial charge on any atom is -0.454 e. The summed E-state index contributed by atoms with van der Waals surface area (Å²) in [5.41, 5.74) is 0.149. The van der Waals surface area contributed by atoms with Crippen LogP contribution in [0, 0.1) is 0 Å². The van der Waals surface area contributed by atoms with E-state index in [-0.39, 0.29) is 0 Å². The van der Waals surface area contributed by atoms with Gasteiger partial charge in [-0.15, -0.1) is 0 Å². The predicted octanol–water partition coefficient (Wildman–Crippen LogP) is 1.37. The summed E-state index contributed by atoms with van der Waals surface area (Å²) < 4.78 is 5.38. The Bertz CT molecular complexity index is 525. The lowest BCUT2D eigenvalue weighted by molar-refractivity contribution is 0.112. The number of benzene rings is 1. The number of carbonyl (C=O) groups is 1. The number of hydrogen-bond acceptors (Lipinski definition) is 4. The zero-order valence-corrected chi connectivity index (χ0v) is 8.21. The van der Waals surface area contributed by atoms with Gasteiger partial charge in [-0.25, -0.2) is 4.79 Å². The molecule has 1 aromatic carbocycles. The van der Waals surface area contributed by atoms with E-state index in [2.05, 4.69) is 9.97 Å². The van der Waals surface area contributed by atoms with E-state index in [9.17, 15) is 9.59 Å². The highest BCUT2D eigenvalue weighted by atomic mass is 16.5. The number of aldehydes is 1. The number of carbonyl (C=O) groups excluding carboxylic acids is 1. The molecule has 1 aromatic heterocycles. The maximum atomic E-state index is 10.7. The minimum absolute atomic E-state index is 0.427. The van der Waals surface area contributed by atoms with Crippen LogP contribution < -0.4 is 10.4 Å². The Kier molecular flexibility index (Phi) is 2.77. The Labute approximate surface area is 90.7 Å². The van der Waals surface area contributed by atoms with E-state index in [1.165, 1.54) is 12.4 Å². The van der Waals surface area contributed by atoms with Gasteiger partial charge in [-0.2, -0.15) is 4.98 Å². The molecular weight excluding hydrogens is 208 g/mol. The molecule has 0 bridgehead atoms. The van der Waals surface area contributed by atoms with Crippen LogP contribution in [0.5, 0.6) is 11.5 Å². The highest BCUT2D eigenvalue weighted by Crippen LogP contribution is 2.18. The van der Waals surface area contributed by atoms with Gasteiger partial charge in [0.15, 0.2) is 5.75 Å². The summed E-state index contributed by atoms with van der Waals surface area (Å²) in [5.74, 6) is 0.998. The summed E-state index contributed by atoms with van der Waals surface area (Å²) in [6, 6.07) is 6.60. The van der Waals surface area contributed by atoms with Gasteiger partial charge >= 0.3 is 5.69 Å². The summed E-state index contributed by atoms with van der Waals surface area (Å²) in [5, 5.41) is 0. The fourth-order valence-electron chi connectivity index (χ4n) is 1.14. The summed E-state index contributed by atoms with van der Waals surface area (Å²) in [4.78, 5) is 27.0. The van der Waals surface area contributed by atoms with Crippen molar-refractivity contribution < 1.29 is 9.53 Å². The van der Waals surface area contributed by atoms with Crippen LogP contribution >= 0.6 is 0 Å². The first-order valence-corrected chi connectivity index (χ1v) is 4.56. The molecule has 16 heavy (non-hydrogen) atoms. The molecule has 0 unspecified atom stereocenters. The first-order valence-electron chi connectivity index (χ1n) is 4.56. The fraction of sp³-hybridized carbons (Fsp3) is 0. The topological polar surface area (TPSA) is 72.0 Å². The van der Waals surface area contributed by atoms with Crippen molar-refractivity contribution in [3.8, 4) is 11.5 Å². The van der Waals surface area contributed by atoms with E-state index in [1.807, 2.05) is 0 Å². The van der Waals surface area contributed by atoms with E-state index in [1.54, 1.807) is 24.3 Å². The maximum Gasteiger partial charge on any atom is 0.345 e. The fourth-order valence-corrected chi connectivity index (χ4v) is 1.14. The summed E-state index contributed by atoms with van der Waals surface area (Å²) in [7, 11) is 0. The Morgan fingerprint density at radius 1 is 1.19 bits per heavy atom. The largest absolute Gasteiger partial charge is 0.454 e. The highest BCUT2D eigenvalue weighted by molar-refractivity contribution is 5.74. The molecule has 0 amide bonds. The zero-order valence-electron chi connectivity index (χ0n) is 8.21. The number of aromatic amines is 1. The van der Waals surface area contributed by atoms with E-state index in [0.717, 1.165) is 6.29 Å². The molecule has 2 rings (SSSR count). The molecular formula is C11H8N2O3. The van der Waals surface area contributed by atoms with E-state index >= 15 is 0 Å². The number of rotatable bonds is 3. The molecule has 1 N–H and O–H groups in total. The molecule has 5 nitrogen and oxygen atoms in total. The van der Waals surface area contributed by atoms with Crippen LogP contribution in [0.4, 0.5) is 0 Å². The normalized spacial score (nSPS) is 9.75. The first kappa shape index (κ1) is 10.1. The molecule has 0 saturated carbocycles. The van der Waals surface area contributed by atoms with Crippen LogP contribution in [0.1, 0.15) is 10.4 Å². The predicted molar refractivity (Wildman–Crippen MR) is 56.8 cm³/mol. The Hall–Kier alpha value is -2.43. The number of aromatic nitrogens is 2. The molecule has 1 heterocycles. The SMILES string of the molecule is O=Cc1ccc(Oc2cnc(=O)[nH]c2)cc1. The number of nitrogens with zero attached hydrogens (tertiary/aromatic N) is 1. The van der Waals surface area contributed by atoms with Gasteiger partial charge in [0.05, 0.1) is 12.4 Å². The number of hydrogen-bond donors (Lipinski definition) is 1. The summed E-state index contributed by atoms with van der Waals surface area (Å²) in [6.45, 7) is 0. The third kappa shape index (κ3) is 2.33. The number of nitrogens with one attached hydrogen (secondary N) is 1. The summed E-state index contributed by atoms with van der Waals surface area (Å²) in [6.07, 6.45) is 3.50. The Balaban J connectivity index is 2.17. The molecule has 0 aliphatic carbocycles. The second-order valence-electron chi connectivity index (χ2n) is 3.04. The molecule has 80 valence electrons. The van der Waals surface area contributed by atoms with Gasteiger partial charge in [-0.1, -0.05) is 0 Å². The summed E-state index contributed by atoms with van der Waals surface area (Å²) >= 11 is 0. The quantitative estimate of drug-likeness (QED) is 0.786. The first-order chi connectivity index (χ1) is 7.78. The molecule has 0 spiro atoms. The van der Waals surface area contributed by atoms with Crippen molar-refractivity contribution in [1.82, 2.24) is 9.97 Å². The van der Waals surface area contributed by atoms with Gasteiger partial charge in [0, 0.05) is 5.56 Å². The zero-order chi connectivity index (χ0) is 11.4. The second kappa shape index (κ2) is 4.39. The maximum absolute atomic E-state index is 10.7.